The topological polar surface area (TPSA) is 0 Å². The highest BCUT2D eigenvalue weighted by molar-refractivity contribution is 7.75. The Morgan fingerprint density at radius 3 is 1.50 bits per heavy atom. The fraction of sp³-hybridized carbons (Fsp3) is 0.724. The molecule has 0 heterocycles. The van der Waals surface area contributed by atoms with E-state index in [9.17, 15) is 0 Å². The van der Waals surface area contributed by atoms with Gasteiger partial charge in [-0.2, -0.15) is 0 Å². The monoisotopic (exact) mass is 431 g/mol. The van der Waals surface area contributed by atoms with Crippen LogP contribution in [0.4, 0.5) is 0 Å². The lowest BCUT2D eigenvalue weighted by molar-refractivity contribution is 0.562. The molecule has 172 valence electrons. The molecule has 0 aliphatic rings. The fourth-order valence-electron chi connectivity index (χ4n) is 4.64. The third-order valence-corrected chi connectivity index (χ3v) is 11.5. The molecule has 1 aromatic carbocycles. The van der Waals surface area contributed by atoms with E-state index in [0.717, 1.165) is 0 Å². The molecule has 30 heavy (non-hydrogen) atoms. The second kappa shape index (κ2) is 18.0. The molecule has 0 saturated heterocycles. The zero-order chi connectivity index (χ0) is 21.9. The lowest BCUT2D eigenvalue weighted by atomic mass is 10.1. The molecule has 0 amide bonds. The molecule has 0 bridgehead atoms. The number of rotatable bonds is 20. The van der Waals surface area contributed by atoms with E-state index in [1.165, 1.54) is 120 Å². The highest BCUT2D eigenvalue weighted by atomic mass is 31.2. The van der Waals surface area contributed by atoms with Crippen LogP contribution in [0.1, 0.15) is 122 Å². The molecule has 0 atom stereocenters. The molecule has 1 rings (SSSR count). The predicted molar refractivity (Wildman–Crippen MR) is 143 cm³/mol. The van der Waals surface area contributed by atoms with Gasteiger partial charge in [0.1, 0.15) is 0 Å². The van der Waals surface area contributed by atoms with E-state index in [-0.39, 0.29) is 0 Å². The van der Waals surface area contributed by atoms with Crippen LogP contribution in [0.25, 0.3) is 6.08 Å². The van der Waals surface area contributed by atoms with Gasteiger partial charge in [0.2, 0.25) is 0 Å². The summed E-state index contributed by atoms with van der Waals surface area (Å²) in [5.41, 5.74) is 2.83. The van der Waals surface area contributed by atoms with Crippen molar-refractivity contribution in [3.8, 4) is 0 Å². The zero-order valence-electron chi connectivity index (χ0n) is 20.8. The van der Waals surface area contributed by atoms with Crippen LogP contribution in [0.3, 0.4) is 0 Å². The molecule has 0 unspecified atom stereocenters. The van der Waals surface area contributed by atoms with E-state index in [1.54, 1.807) is 5.56 Å². The van der Waals surface area contributed by atoms with E-state index in [0.29, 0.717) is 0 Å². The van der Waals surface area contributed by atoms with Gasteiger partial charge in [-0.3, -0.25) is 0 Å². The standard InChI is InChI=1S/C29H52P/c1-5-9-12-13-14-15-16-17-18-19-26-30(24-10-6-2,25-11-7-3)27-29-22-20-28(8-4)21-23-29/h8,20-23H,4-7,9-19,24-27H2,1-3H3/q+1. The predicted octanol–water partition coefficient (Wildman–Crippen LogP) is 10.4. The Bertz CT molecular complexity index is 508. The number of unbranched alkanes of at least 4 members (excludes halogenated alkanes) is 11. The summed E-state index contributed by atoms with van der Waals surface area (Å²) in [5, 5.41) is 0. The maximum Gasteiger partial charge on any atom is 0.0842 e. The van der Waals surface area contributed by atoms with Crippen LogP contribution in [0.15, 0.2) is 30.8 Å². The molecule has 0 aliphatic heterocycles. The molecule has 0 nitrogen and oxygen atoms in total. The Balaban J connectivity index is 2.53. The summed E-state index contributed by atoms with van der Waals surface area (Å²) < 4.78 is 0. The van der Waals surface area contributed by atoms with Gasteiger partial charge >= 0.3 is 0 Å². The van der Waals surface area contributed by atoms with E-state index in [2.05, 4.69) is 51.6 Å². The van der Waals surface area contributed by atoms with Gasteiger partial charge in [-0.15, -0.1) is 0 Å². The minimum absolute atomic E-state index is 0.874. The lowest BCUT2D eigenvalue weighted by Crippen LogP contribution is -2.12. The maximum absolute atomic E-state index is 3.91. The third kappa shape index (κ3) is 12.3. The van der Waals surface area contributed by atoms with E-state index < -0.39 is 7.26 Å². The molecule has 0 fully saturated rings. The number of hydrogen-bond acceptors (Lipinski definition) is 0. The van der Waals surface area contributed by atoms with Crippen molar-refractivity contribution in [2.24, 2.45) is 0 Å². The molecule has 0 aliphatic carbocycles. The van der Waals surface area contributed by atoms with Crippen molar-refractivity contribution < 1.29 is 0 Å². The summed E-state index contributed by atoms with van der Waals surface area (Å²) in [6.07, 6.45) is 28.0. The van der Waals surface area contributed by atoms with Gasteiger partial charge in [0.15, 0.2) is 0 Å². The normalized spacial score (nSPS) is 11.7. The van der Waals surface area contributed by atoms with Crippen molar-refractivity contribution >= 4 is 13.3 Å². The molecule has 0 saturated carbocycles. The van der Waals surface area contributed by atoms with Gasteiger partial charge in [0.25, 0.3) is 0 Å². The molecule has 1 aromatic rings. The molecule has 1 heteroatoms. The van der Waals surface area contributed by atoms with Gasteiger partial charge in [0.05, 0.1) is 24.6 Å². The Morgan fingerprint density at radius 2 is 1.03 bits per heavy atom. The van der Waals surface area contributed by atoms with Crippen LogP contribution in [0, 0.1) is 0 Å². The summed E-state index contributed by atoms with van der Waals surface area (Å²) in [7, 11) is -0.874. The smallest absolute Gasteiger partial charge is 0.0842 e. The summed E-state index contributed by atoms with van der Waals surface area (Å²) >= 11 is 0. The summed E-state index contributed by atoms with van der Waals surface area (Å²) in [6, 6.07) is 9.28. The Morgan fingerprint density at radius 1 is 0.600 bits per heavy atom. The van der Waals surface area contributed by atoms with Crippen LogP contribution in [0.2, 0.25) is 0 Å². The van der Waals surface area contributed by atoms with Crippen molar-refractivity contribution in [2.75, 3.05) is 18.5 Å². The summed E-state index contributed by atoms with van der Waals surface area (Å²) in [5.74, 6) is 0. The largest absolute Gasteiger partial charge is 0.0985 e. The van der Waals surface area contributed by atoms with Crippen molar-refractivity contribution in [3.63, 3.8) is 0 Å². The molecule has 0 spiro atoms. The first-order chi connectivity index (χ1) is 14.7. The highest BCUT2D eigenvalue weighted by Crippen LogP contribution is 2.63. The first-order valence-electron chi connectivity index (χ1n) is 13.3. The first-order valence-corrected chi connectivity index (χ1v) is 15.8. The molecule has 0 aromatic heterocycles. The second-order valence-electron chi connectivity index (χ2n) is 9.51. The molecule has 0 radical (unpaired) electrons. The lowest BCUT2D eigenvalue weighted by Gasteiger charge is -2.28. The Kier molecular flexibility index (Phi) is 16.5. The highest BCUT2D eigenvalue weighted by Gasteiger charge is 2.35. The van der Waals surface area contributed by atoms with Crippen LogP contribution in [0.5, 0.6) is 0 Å². The van der Waals surface area contributed by atoms with E-state index in [4.69, 9.17) is 0 Å². The average molecular weight is 432 g/mol. The molecular weight excluding hydrogens is 379 g/mol. The minimum atomic E-state index is -0.874. The quantitative estimate of drug-likeness (QED) is 0.142. The minimum Gasteiger partial charge on any atom is -0.0985 e. The van der Waals surface area contributed by atoms with Gasteiger partial charge in [-0.05, 0) is 36.8 Å². The Labute approximate surface area is 190 Å². The maximum atomic E-state index is 3.91. The summed E-state index contributed by atoms with van der Waals surface area (Å²) in [4.78, 5) is 0. The molecule has 0 N–H and O–H groups in total. The summed E-state index contributed by atoms with van der Waals surface area (Å²) in [6.45, 7) is 11.0. The van der Waals surface area contributed by atoms with Crippen LogP contribution in [-0.2, 0) is 6.16 Å². The van der Waals surface area contributed by atoms with Crippen LogP contribution >= 0.6 is 7.26 Å². The van der Waals surface area contributed by atoms with E-state index >= 15 is 0 Å². The van der Waals surface area contributed by atoms with Crippen molar-refractivity contribution in [1.29, 1.82) is 0 Å². The van der Waals surface area contributed by atoms with Crippen molar-refractivity contribution in [3.05, 3.63) is 42.0 Å². The zero-order valence-corrected chi connectivity index (χ0v) is 21.7. The Hall–Kier alpha value is -0.610. The average Bonchev–Trinajstić information content (AvgIpc) is 2.78. The number of benzene rings is 1. The van der Waals surface area contributed by atoms with Gasteiger partial charge in [-0.1, -0.05) is 122 Å². The van der Waals surface area contributed by atoms with Crippen molar-refractivity contribution in [1.82, 2.24) is 0 Å². The van der Waals surface area contributed by atoms with Gasteiger partial charge < -0.3 is 0 Å². The first kappa shape index (κ1) is 27.4. The van der Waals surface area contributed by atoms with Crippen LogP contribution in [-0.4, -0.2) is 18.5 Å². The van der Waals surface area contributed by atoms with Crippen LogP contribution < -0.4 is 0 Å². The number of hydrogen-bond donors (Lipinski definition) is 0. The van der Waals surface area contributed by atoms with Crippen molar-refractivity contribution in [2.45, 2.75) is 117 Å². The molecular formula is C29H52P+. The van der Waals surface area contributed by atoms with Gasteiger partial charge in [-0.25, -0.2) is 0 Å². The SMILES string of the molecule is C=Cc1ccc(C[P+](CCCC)(CCCC)CCCCCCCCCCCC)cc1. The second-order valence-corrected chi connectivity index (χ2v) is 13.8. The van der Waals surface area contributed by atoms with Gasteiger partial charge in [0, 0.05) is 7.26 Å². The third-order valence-electron chi connectivity index (χ3n) is 6.69. The van der Waals surface area contributed by atoms with E-state index in [1.807, 2.05) is 6.08 Å². The fourth-order valence-corrected chi connectivity index (χ4v) is 9.64.